The highest BCUT2D eigenvalue weighted by Gasteiger charge is 2.45. The second-order valence-corrected chi connectivity index (χ2v) is 18.6. The number of nitrogens with zero attached hydrogens (tertiary/aromatic N) is 2. The first-order valence-corrected chi connectivity index (χ1v) is 22.2. The van der Waals surface area contributed by atoms with Crippen LogP contribution < -0.4 is 4.90 Å². The number of anilines is 1. The van der Waals surface area contributed by atoms with Crippen molar-refractivity contribution in [3.63, 3.8) is 0 Å². The van der Waals surface area contributed by atoms with Crippen LogP contribution in [0, 0.1) is 0 Å². The smallest absolute Gasteiger partial charge is 0.264 e. The molecule has 8 nitrogen and oxygen atoms in total. The van der Waals surface area contributed by atoms with E-state index in [4.69, 9.17) is 16.9 Å². The maximum absolute atomic E-state index is 11.5. The van der Waals surface area contributed by atoms with Gasteiger partial charge in [-0.15, -0.1) is 4.33 Å². The summed E-state index contributed by atoms with van der Waals surface area (Å²) < 4.78 is 39.2. The second kappa shape index (κ2) is 16.6. The molecule has 2 aliphatic heterocycles. The lowest BCUT2D eigenvalue weighted by molar-refractivity contribution is -0.438. The van der Waals surface area contributed by atoms with E-state index in [0.717, 1.165) is 71.8 Å². The Morgan fingerprint density at radius 2 is 1.54 bits per heavy atom. The molecule has 56 heavy (non-hydrogen) atoms. The van der Waals surface area contributed by atoms with Gasteiger partial charge in [0.1, 0.15) is 6.54 Å². The molecule has 0 amide bonds. The van der Waals surface area contributed by atoms with Crippen molar-refractivity contribution in [2.24, 2.45) is 0 Å². The van der Waals surface area contributed by atoms with Gasteiger partial charge in [-0.25, -0.2) is 5.26 Å². The molecule has 0 saturated heterocycles. The largest absolute Gasteiger partial charge is 0.344 e. The highest BCUT2D eigenvalue weighted by Crippen LogP contribution is 2.51. The van der Waals surface area contributed by atoms with Crippen LogP contribution in [0.25, 0.3) is 21.5 Å². The standard InChI is InChI=1S/C45H49ClN2O6S2/c1-44(2)39(47(27-9-11-29-55-54-53-49)37-23-19-31-13-5-7-15-35(31)41(37)44)25-21-33-17-18-34(43(33)46)22-26-40-45(3,4)42-36-16-8-6-14-32(36)20-24-38(42)48(40)28-10-12-30-56(50,51)52/h5-8,13-16,19-26H,9-12,17-18,27-30H2,1-4H3,(H-,49,50,51,52)/p+1. The molecule has 2 N–H and O–H groups in total. The molecule has 0 spiro atoms. The zero-order valence-electron chi connectivity index (χ0n) is 32.4. The molecular formula is C45H50ClN2O6S2+. The molecule has 0 bridgehead atoms. The van der Waals surface area contributed by atoms with Gasteiger partial charge in [-0.05, 0) is 102 Å². The van der Waals surface area contributed by atoms with Crippen molar-refractivity contribution in [1.29, 1.82) is 0 Å². The lowest BCUT2D eigenvalue weighted by Crippen LogP contribution is -2.28. The molecule has 1 aliphatic carbocycles. The maximum atomic E-state index is 11.5. The SMILES string of the molecule is CC1(C)C(/C=C/C2=C(Cl)C(=C/C=C3/N(CCCCSOOO)c4ccc5ccccc5c4C3(C)C)/CC2)=[N+](CCCCS(=O)(=O)O)c2ccc3ccccc3c21. The first kappa shape index (κ1) is 40.5. The summed E-state index contributed by atoms with van der Waals surface area (Å²) in [5.74, 6) is 0.453. The summed E-state index contributed by atoms with van der Waals surface area (Å²) in [4.78, 5) is 2.45. The van der Waals surface area contributed by atoms with Crippen molar-refractivity contribution < 1.29 is 32.2 Å². The first-order chi connectivity index (χ1) is 26.8. The van der Waals surface area contributed by atoms with Crippen molar-refractivity contribution in [3.8, 4) is 0 Å². The normalized spacial score (nSPS) is 19.2. The molecule has 7 rings (SSSR count). The number of unbranched alkanes of at least 4 members (excludes halogenated alkanes) is 2. The van der Waals surface area contributed by atoms with E-state index in [-0.39, 0.29) is 16.6 Å². The van der Waals surface area contributed by atoms with Crippen LogP contribution in [0.4, 0.5) is 11.4 Å². The second-order valence-electron chi connectivity index (χ2n) is 15.9. The molecule has 4 aromatic rings. The summed E-state index contributed by atoms with van der Waals surface area (Å²) in [6, 6.07) is 25.8. The number of hydrogen-bond donors (Lipinski definition) is 2. The lowest BCUT2D eigenvalue weighted by Gasteiger charge is -2.27. The highest BCUT2D eigenvalue weighted by atomic mass is 35.5. The molecule has 2 heterocycles. The fourth-order valence-corrected chi connectivity index (χ4v) is 10.3. The van der Waals surface area contributed by atoms with Crippen molar-refractivity contribution in [3.05, 3.63) is 130 Å². The number of halogens is 1. The van der Waals surface area contributed by atoms with Gasteiger partial charge in [0, 0.05) is 70.3 Å². The van der Waals surface area contributed by atoms with E-state index in [1.165, 1.54) is 44.1 Å². The van der Waals surface area contributed by atoms with E-state index in [2.05, 4.69) is 144 Å². The lowest BCUT2D eigenvalue weighted by atomic mass is 9.79. The Morgan fingerprint density at radius 1 is 0.839 bits per heavy atom. The number of benzene rings is 4. The summed E-state index contributed by atoms with van der Waals surface area (Å²) in [6.07, 6.45) is 13.3. The molecule has 4 aromatic carbocycles. The van der Waals surface area contributed by atoms with Gasteiger partial charge in [-0.1, -0.05) is 97.2 Å². The molecule has 3 aliphatic rings. The Bertz CT molecular complexity index is 2430. The fourth-order valence-electron chi connectivity index (χ4n) is 8.96. The van der Waals surface area contributed by atoms with E-state index < -0.39 is 10.1 Å². The Morgan fingerprint density at radius 3 is 2.25 bits per heavy atom. The van der Waals surface area contributed by atoms with Gasteiger partial charge in [-0.3, -0.25) is 4.55 Å². The minimum absolute atomic E-state index is 0.248. The first-order valence-electron chi connectivity index (χ1n) is 19.3. The monoisotopic (exact) mass is 813 g/mol. The minimum atomic E-state index is -4.02. The van der Waals surface area contributed by atoms with Gasteiger partial charge >= 0.3 is 0 Å². The zero-order valence-corrected chi connectivity index (χ0v) is 34.8. The topological polar surface area (TPSA) is 99.3 Å². The van der Waals surface area contributed by atoms with Gasteiger partial charge < -0.3 is 4.90 Å². The van der Waals surface area contributed by atoms with Gasteiger partial charge in [0.15, 0.2) is 5.71 Å². The Kier molecular flexibility index (Phi) is 12.0. The predicted octanol–water partition coefficient (Wildman–Crippen LogP) is 11.3. The number of fused-ring (bicyclic) bond motifs is 6. The van der Waals surface area contributed by atoms with Crippen molar-refractivity contribution in [2.45, 2.75) is 77.0 Å². The summed E-state index contributed by atoms with van der Waals surface area (Å²) in [6.45, 7) is 10.6. The van der Waals surface area contributed by atoms with Crippen LogP contribution in [0.5, 0.6) is 0 Å². The van der Waals surface area contributed by atoms with Crippen LogP contribution >= 0.6 is 23.6 Å². The van der Waals surface area contributed by atoms with Crippen LogP contribution in [0.15, 0.2) is 119 Å². The zero-order chi connectivity index (χ0) is 39.7. The average Bonchev–Trinajstić information content (AvgIpc) is 3.71. The van der Waals surface area contributed by atoms with Gasteiger partial charge in [0.25, 0.3) is 10.1 Å². The highest BCUT2D eigenvalue weighted by molar-refractivity contribution is 7.94. The van der Waals surface area contributed by atoms with Gasteiger partial charge in [0.05, 0.1) is 11.2 Å². The molecule has 0 aromatic heterocycles. The summed E-state index contributed by atoms with van der Waals surface area (Å²) in [5.41, 5.74) is 8.94. The molecular weight excluding hydrogens is 764 g/mol. The summed E-state index contributed by atoms with van der Waals surface area (Å²) in [7, 11) is -4.02. The number of allylic oxidation sites excluding steroid dienone is 8. The molecule has 294 valence electrons. The average molecular weight is 814 g/mol. The van der Waals surface area contributed by atoms with Crippen LogP contribution in [0.2, 0.25) is 0 Å². The molecule has 11 heteroatoms. The van der Waals surface area contributed by atoms with E-state index in [1.54, 1.807) is 0 Å². The number of hydrogen-bond acceptors (Lipinski definition) is 7. The van der Waals surface area contributed by atoms with E-state index in [9.17, 15) is 13.0 Å². The van der Waals surface area contributed by atoms with Crippen LogP contribution in [-0.4, -0.2) is 53.1 Å². The van der Waals surface area contributed by atoms with E-state index in [1.807, 2.05) is 0 Å². The third kappa shape index (κ3) is 8.03. The van der Waals surface area contributed by atoms with Crippen molar-refractivity contribution >= 4 is 72.4 Å². The number of rotatable bonds is 15. The quantitative estimate of drug-likeness (QED) is 0.0306. The molecule has 0 fully saturated rings. The summed E-state index contributed by atoms with van der Waals surface area (Å²) >= 11 is 8.32. The van der Waals surface area contributed by atoms with Crippen molar-refractivity contribution in [1.82, 2.24) is 0 Å². The van der Waals surface area contributed by atoms with E-state index >= 15 is 0 Å². The summed E-state index contributed by atoms with van der Waals surface area (Å²) in [5, 5.41) is 17.9. The molecule has 0 saturated carbocycles. The van der Waals surface area contributed by atoms with Gasteiger partial charge in [-0.2, -0.15) is 13.0 Å². The Balaban J connectivity index is 1.20. The van der Waals surface area contributed by atoms with Crippen LogP contribution in [0.1, 0.15) is 77.3 Å². The molecule has 0 unspecified atom stereocenters. The van der Waals surface area contributed by atoms with Crippen LogP contribution in [0.3, 0.4) is 0 Å². The third-order valence-electron chi connectivity index (χ3n) is 11.6. The minimum Gasteiger partial charge on any atom is -0.344 e. The Labute approximate surface area is 339 Å². The van der Waals surface area contributed by atoms with Gasteiger partial charge in [0.2, 0.25) is 5.69 Å². The molecule has 0 atom stereocenters. The van der Waals surface area contributed by atoms with Crippen LogP contribution in [-0.2, 0) is 30.3 Å². The van der Waals surface area contributed by atoms with E-state index in [0.29, 0.717) is 25.1 Å². The third-order valence-corrected chi connectivity index (χ3v) is 13.5. The fraction of sp³-hybridized carbons (Fsp3) is 0.356. The predicted molar refractivity (Wildman–Crippen MR) is 231 cm³/mol. The molecule has 0 radical (unpaired) electrons. The van der Waals surface area contributed by atoms with Crippen molar-refractivity contribution in [2.75, 3.05) is 29.5 Å². The maximum Gasteiger partial charge on any atom is 0.264 e. The Hall–Kier alpha value is -3.74.